The molecule has 0 aliphatic carbocycles. The molecule has 0 bridgehead atoms. The lowest BCUT2D eigenvalue weighted by molar-refractivity contribution is -0.116. The molecule has 1 amide bonds. The van der Waals surface area contributed by atoms with Crippen molar-refractivity contribution in [1.29, 1.82) is 0 Å². The molecule has 110 valence electrons. The third-order valence-electron chi connectivity index (χ3n) is 2.83. The summed E-state index contributed by atoms with van der Waals surface area (Å²) in [5.74, 6) is -1.62. The summed E-state index contributed by atoms with van der Waals surface area (Å²) in [7, 11) is 0. The van der Waals surface area contributed by atoms with Gasteiger partial charge < -0.3 is 20.0 Å². The molecule has 3 N–H and O–H groups in total. The summed E-state index contributed by atoms with van der Waals surface area (Å²) in [5.41, 5.74) is 0.299. The van der Waals surface area contributed by atoms with Gasteiger partial charge in [-0.05, 0) is 28.9 Å². The van der Waals surface area contributed by atoms with Gasteiger partial charge in [0.15, 0.2) is 0 Å². The van der Waals surface area contributed by atoms with Gasteiger partial charge >= 0.3 is 5.97 Å². The van der Waals surface area contributed by atoms with Gasteiger partial charge in [0, 0.05) is 28.6 Å². The number of carbonyl (C=O) groups excluding carboxylic acids is 1. The van der Waals surface area contributed by atoms with Crippen molar-refractivity contribution in [2.45, 2.75) is 13.5 Å². The van der Waals surface area contributed by atoms with E-state index >= 15 is 0 Å². The van der Waals surface area contributed by atoms with Crippen molar-refractivity contribution in [1.82, 2.24) is 9.55 Å². The number of rotatable bonds is 4. The molecular weight excluding hydrogens is 342 g/mol. The van der Waals surface area contributed by atoms with Gasteiger partial charge in [-0.25, -0.2) is 4.79 Å². The van der Waals surface area contributed by atoms with E-state index in [4.69, 9.17) is 5.11 Å². The van der Waals surface area contributed by atoms with Crippen LogP contribution >= 0.6 is 15.9 Å². The fourth-order valence-electron chi connectivity index (χ4n) is 1.87. The monoisotopic (exact) mass is 353 g/mol. The molecule has 2 aromatic heterocycles. The molecule has 2 rings (SSSR count). The van der Waals surface area contributed by atoms with Gasteiger partial charge in [0.2, 0.25) is 5.91 Å². The summed E-state index contributed by atoms with van der Waals surface area (Å²) >= 11 is 3.21. The Bertz CT molecular complexity index is 763. The van der Waals surface area contributed by atoms with Gasteiger partial charge in [0.1, 0.15) is 12.1 Å². The lowest BCUT2D eigenvalue weighted by Crippen LogP contribution is -2.27. The van der Waals surface area contributed by atoms with Gasteiger partial charge in [-0.1, -0.05) is 0 Å². The number of pyridine rings is 1. The van der Waals surface area contributed by atoms with Crippen LogP contribution in [-0.4, -0.2) is 26.5 Å². The van der Waals surface area contributed by atoms with Crippen LogP contribution < -0.4 is 10.9 Å². The quantitative estimate of drug-likeness (QED) is 0.775. The van der Waals surface area contributed by atoms with E-state index in [1.807, 2.05) is 0 Å². The predicted octanol–water partition coefficient (Wildman–Crippen LogP) is 1.58. The van der Waals surface area contributed by atoms with E-state index in [0.717, 1.165) is 0 Å². The van der Waals surface area contributed by atoms with Gasteiger partial charge in [0.25, 0.3) is 5.56 Å². The number of hydrogen-bond donors (Lipinski definition) is 3. The van der Waals surface area contributed by atoms with Gasteiger partial charge in [-0.2, -0.15) is 0 Å². The van der Waals surface area contributed by atoms with Crippen LogP contribution in [0.15, 0.2) is 33.8 Å². The molecular formula is C13H12BrN3O4. The van der Waals surface area contributed by atoms with Crippen LogP contribution in [0, 0.1) is 6.92 Å². The summed E-state index contributed by atoms with van der Waals surface area (Å²) in [6.45, 7) is 1.39. The zero-order valence-electron chi connectivity index (χ0n) is 11.0. The van der Waals surface area contributed by atoms with Crippen molar-refractivity contribution in [3.05, 3.63) is 50.6 Å². The maximum Gasteiger partial charge on any atom is 0.339 e. The van der Waals surface area contributed by atoms with Crippen molar-refractivity contribution >= 4 is 33.5 Å². The Morgan fingerprint density at radius 1 is 1.43 bits per heavy atom. The summed E-state index contributed by atoms with van der Waals surface area (Å²) in [6.07, 6.45) is 2.89. The van der Waals surface area contributed by atoms with E-state index in [0.29, 0.717) is 10.2 Å². The molecule has 0 radical (unpaired) electrons. The third-order valence-corrected chi connectivity index (χ3v) is 3.30. The van der Waals surface area contributed by atoms with Crippen molar-refractivity contribution in [2.24, 2.45) is 0 Å². The first-order valence-electron chi connectivity index (χ1n) is 5.95. The van der Waals surface area contributed by atoms with Crippen molar-refractivity contribution in [3.8, 4) is 0 Å². The van der Waals surface area contributed by atoms with Crippen LogP contribution in [-0.2, 0) is 11.3 Å². The highest BCUT2D eigenvalue weighted by Gasteiger charge is 2.17. The highest BCUT2D eigenvalue weighted by molar-refractivity contribution is 9.10. The zero-order chi connectivity index (χ0) is 15.6. The topological polar surface area (TPSA) is 104 Å². The molecule has 0 atom stereocenters. The first kappa shape index (κ1) is 15.0. The smallest absolute Gasteiger partial charge is 0.339 e. The minimum Gasteiger partial charge on any atom is -0.478 e. The lowest BCUT2D eigenvalue weighted by atomic mass is 10.2. The van der Waals surface area contributed by atoms with E-state index in [1.165, 1.54) is 23.0 Å². The predicted molar refractivity (Wildman–Crippen MR) is 79.5 cm³/mol. The Morgan fingerprint density at radius 3 is 2.81 bits per heavy atom. The summed E-state index contributed by atoms with van der Waals surface area (Å²) in [5, 5.41) is 11.6. The minimum absolute atomic E-state index is 0.00457. The maximum atomic E-state index is 11.9. The number of aromatic amines is 1. The van der Waals surface area contributed by atoms with Crippen LogP contribution in [0.3, 0.4) is 0 Å². The number of aryl methyl sites for hydroxylation is 1. The first-order valence-corrected chi connectivity index (χ1v) is 6.75. The van der Waals surface area contributed by atoms with Crippen LogP contribution in [0.4, 0.5) is 5.69 Å². The zero-order valence-corrected chi connectivity index (χ0v) is 12.6. The normalized spacial score (nSPS) is 10.4. The second-order valence-electron chi connectivity index (χ2n) is 4.37. The van der Waals surface area contributed by atoms with Crippen LogP contribution in [0.1, 0.15) is 16.1 Å². The number of hydrogen-bond acceptors (Lipinski definition) is 3. The van der Waals surface area contributed by atoms with E-state index in [-0.39, 0.29) is 23.4 Å². The fourth-order valence-corrected chi connectivity index (χ4v) is 2.25. The fraction of sp³-hybridized carbons (Fsp3) is 0.154. The molecule has 2 heterocycles. The lowest BCUT2D eigenvalue weighted by Gasteiger charge is -2.07. The summed E-state index contributed by atoms with van der Waals surface area (Å²) < 4.78 is 1.89. The van der Waals surface area contributed by atoms with E-state index in [2.05, 4.69) is 26.2 Å². The molecule has 0 aliphatic rings. The SMILES string of the molecule is Cc1[nH]cc(NC(=O)Cn2cc(Br)ccc2=O)c1C(=O)O. The Morgan fingerprint density at radius 2 is 2.14 bits per heavy atom. The molecule has 0 aliphatic heterocycles. The second-order valence-corrected chi connectivity index (χ2v) is 5.28. The molecule has 8 heteroatoms. The van der Waals surface area contributed by atoms with Crippen LogP contribution in [0.5, 0.6) is 0 Å². The molecule has 7 nitrogen and oxygen atoms in total. The van der Waals surface area contributed by atoms with Gasteiger partial charge in [-0.3, -0.25) is 9.59 Å². The highest BCUT2D eigenvalue weighted by Crippen LogP contribution is 2.19. The molecule has 0 spiro atoms. The maximum absolute atomic E-state index is 11.9. The standard InChI is InChI=1S/C13H12BrN3O4/c1-7-12(13(20)21)9(4-15-7)16-10(18)6-17-5-8(14)2-3-11(17)19/h2-5,15H,6H2,1H3,(H,16,18)(H,20,21). The number of anilines is 1. The minimum atomic E-state index is -1.14. The molecule has 0 saturated heterocycles. The van der Waals surface area contributed by atoms with Crippen molar-refractivity contribution < 1.29 is 14.7 Å². The Labute approximate surface area is 127 Å². The molecule has 0 unspecified atom stereocenters. The van der Waals surface area contributed by atoms with E-state index in [1.54, 1.807) is 13.0 Å². The molecule has 21 heavy (non-hydrogen) atoms. The molecule has 0 aromatic carbocycles. The number of aromatic carboxylic acids is 1. The number of nitrogens with zero attached hydrogens (tertiary/aromatic N) is 1. The summed E-state index contributed by atoms with van der Waals surface area (Å²) in [4.78, 5) is 37.4. The van der Waals surface area contributed by atoms with Crippen molar-refractivity contribution in [2.75, 3.05) is 5.32 Å². The van der Waals surface area contributed by atoms with Crippen molar-refractivity contribution in [3.63, 3.8) is 0 Å². The van der Waals surface area contributed by atoms with Crippen LogP contribution in [0.2, 0.25) is 0 Å². The Hall–Kier alpha value is -2.35. The number of halogens is 1. The average Bonchev–Trinajstić information content (AvgIpc) is 2.75. The third kappa shape index (κ3) is 3.40. The first-order chi connectivity index (χ1) is 9.88. The van der Waals surface area contributed by atoms with E-state index in [9.17, 15) is 14.4 Å². The number of carboxylic acid groups (broad SMARTS) is 1. The number of carbonyl (C=O) groups is 2. The van der Waals surface area contributed by atoms with Gasteiger partial charge in [-0.15, -0.1) is 0 Å². The second kappa shape index (κ2) is 5.96. The summed E-state index contributed by atoms with van der Waals surface area (Å²) in [6, 6.07) is 2.91. The van der Waals surface area contributed by atoms with E-state index < -0.39 is 11.9 Å². The Balaban J connectivity index is 2.18. The number of carboxylic acids is 1. The van der Waals surface area contributed by atoms with Crippen LogP contribution in [0.25, 0.3) is 0 Å². The number of amides is 1. The number of nitrogens with one attached hydrogen (secondary N) is 2. The molecule has 2 aromatic rings. The molecule has 0 saturated carbocycles. The average molecular weight is 354 g/mol. The largest absolute Gasteiger partial charge is 0.478 e. The number of aromatic nitrogens is 2. The van der Waals surface area contributed by atoms with Gasteiger partial charge in [0.05, 0.1) is 5.69 Å². The Kier molecular flexibility index (Phi) is 4.27. The molecule has 0 fully saturated rings. The highest BCUT2D eigenvalue weighted by atomic mass is 79.9. The number of H-pyrrole nitrogens is 1.